The molecule has 0 aliphatic carbocycles. The number of aromatic hydroxyl groups is 1. The van der Waals surface area contributed by atoms with Crippen LogP contribution in [0.2, 0.25) is 0 Å². The van der Waals surface area contributed by atoms with Crippen molar-refractivity contribution in [2.45, 2.75) is 26.4 Å². The van der Waals surface area contributed by atoms with Crippen LogP contribution >= 0.6 is 0 Å². The van der Waals surface area contributed by atoms with Crippen molar-refractivity contribution in [2.24, 2.45) is 0 Å². The predicted molar refractivity (Wildman–Crippen MR) is 67.7 cm³/mol. The molecule has 0 atom stereocenters. The maximum atomic E-state index is 13.1. The van der Waals surface area contributed by atoms with E-state index in [0.717, 1.165) is 6.07 Å². The van der Waals surface area contributed by atoms with Gasteiger partial charge in [-0.25, -0.2) is 4.39 Å². The number of rotatable bonds is 5. The molecular formula is C13H19FN2O2. The first kappa shape index (κ1) is 14.4. The zero-order valence-corrected chi connectivity index (χ0v) is 10.9. The lowest BCUT2D eigenvalue weighted by Crippen LogP contribution is -2.38. The largest absolute Gasteiger partial charge is 0.508 e. The summed E-state index contributed by atoms with van der Waals surface area (Å²) in [6, 6.07) is 3.98. The molecule has 5 heteroatoms. The maximum Gasteiger partial charge on any atom is 0.234 e. The number of halogens is 1. The Hall–Kier alpha value is -1.62. The van der Waals surface area contributed by atoms with E-state index in [1.54, 1.807) is 11.9 Å². The summed E-state index contributed by atoms with van der Waals surface area (Å²) in [7, 11) is 1.77. The van der Waals surface area contributed by atoms with Crippen LogP contribution in [0.5, 0.6) is 5.75 Å². The minimum atomic E-state index is -0.481. The number of hydrogen-bond acceptors (Lipinski definition) is 3. The van der Waals surface area contributed by atoms with E-state index in [2.05, 4.69) is 5.32 Å². The number of likely N-dealkylation sites (N-methyl/N-ethyl adjacent to an activating group) is 1. The molecule has 0 aliphatic rings. The van der Waals surface area contributed by atoms with Gasteiger partial charge in [-0.05, 0) is 38.6 Å². The van der Waals surface area contributed by atoms with Gasteiger partial charge < -0.3 is 10.4 Å². The summed E-state index contributed by atoms with van der Waals surface area (Å²) >= 11 is 0. The lowest BCUT2D eigenvalue weighted by Gasteiger charge is -2.17. The van der Waals surface area contributed by atoms with Crippen molar-refractivity contribution in [1.29, 1.82) is 0 Å². The number of phenols is 1. The van der Waals surface area contributed by atoms with Gasteiger partial charge in [0.1, 0.15) is 11.6 Å². The van der Waals surface area contributed by atoms with Crippen LogP contribution in [-0.4, -0.2) is 35.5 Å². The molecule has 2 N–H and O–H groups in total. The Morgan fingerprint density at radius 2 is 2.11 bits per heavy atom. The summed E-state index contributed by atoms with van der Waals surface area (Å²) in [5.41, 5.74) is 0.632. The van der Waals surface area contributed by atoms with E-state index in [1.807, 2.05) is 13.8 Å². The third kappa shape index (κ3) is 5.14. The van der Waals surface area contributed by atoms with Crippen molar-refractivity contribution in [3.8, 4) is 5.75 Å². The Labute approximate surface area is 106 Å². The van der Waals surface area contributed by atoms with Crippen molar-refractivity contribution < 1.29 is 14.3 Å². The third-order valence-corrected chi connectivity index (χ3v) is 2.26. The second-order valence-corrected chi connectivity index (χ2v) is 4.71. The van der Waals surface area contributed by atoms with Gasteiger partial charge in [-0.3, -0.25) is 9.69 Å². The van der Waals surface area contributed by atoms with Crippen LogP contribution in [0.1, 0.15) is 19.4 Å². The fraction of sp³-hybridized carbons (Fsp3) is 0.462. The van der Waals surface area contributed by atoms with Gasteiger partial charge in [0, 0.05) is 18.7 Å². The van der Waals surface area contributed by atoms with Crippen LogP contribution in [0.25, 0.3) is 0 Å². The molecule has 0 heterocycles. The summed E-state index contributed by atoms with van der Waals surface area (Å²) in [6.45, 7) is 4.41. The molecule has 0 saturated carbocycles. The van der Waals surface area contributed by atoms with E-state index >= 15 is 0 Å². The quantitative estimate of drug-likeness (QED) is 0.837. The molecule has 0 aromatic heterocycles. The fourth-order valence-corrected chi connectivity index (χ4v) is 1.70. The van der Waals surface area contributed by atoms with Gasteiger partial charge in [-0.2, -0.15) is 0 Å². The van der Waals surface area contributed by atoms with Crippen LogP contribution in [0, 0.1) is 5.82 Å². The van der Waals surface area contributed by atoms with Gasteiger partial charge >= 0.3 is 0 Å². The number of carbonyl (C=O) groups is 1. The number of amides is 1. The standard InChI is InChI=1S/C13H19FN2O2/c1-9(2)15-13(18)8-16(3)7-10-4-11(14)6-12(17)5-10/h4-6,9,17H,7-8H2,1-3H3,(H,15,18). The Morgan fingerprint density at radius 1 is 1.44 bits per heavy atom. The van der Waals surface area contributed by atoms with Gasteiger partial charge in [0.25, 0.3) is 0 Å². The molecule has 1 rings (SSSR count). The van der Waals surface area contributed by atoms with Gasteiger partial charge in [0.2, 0.25) is 5.91 Å². The zero-order chi connectivity index (χ0) is 13.7. The molecule has 0 bridgehead atoms. The highest BCUT2D eigenvalue weighted by atomic mass is 19.1. The highest BCUT2D eigenvalue weighted by Crippen LogP contribution is 2.15. The molecule has 0 unspecified atom stereocenters. The number of benzene rings is 1. The van der Waals surface area contributed by atoms with E-state index in [4.69, 9.17) is 0 Å². The van der Waals surface area contributed by atoms with Gasteiger partial charge in [-0.15, -0.1) is 0 Å². The Morgan fingerprint density at radius 3 is 2.67 bits per heavy atom. The smallest absolute Gasteiger partial charge is 0.234 e. The summed E-state index contributed by atoms with van der Waals surface area (Å²) < 4.78 is 13.1. The average molecular weight is 254 g/mol. The molecule has 100 valence electrons. The van der Waals surface area contributed by atoms with Crippen molar-refractivity contribution in [1.82, 2.24) is 10.2 Å². The van der Waals surface area contributed by atoms with E-state index < -0.39 is 5.82 Å². The molecule has 0 spiro atoms. The Balaban J connectivity index is 2.53. The first-order valence-corrected chi connectivity index (χ1v) is 5.83. The van der Waals surface area contributed by atoms with Crippen LogP contribution in [0.3, 0.4) is 0 Å². The summed E-state index contributed by atoms with van der Waals surface area (Å²) in [4.78, 5) is 13.3. The Bertz CT molecular complexity index is 401. The highest BCUT2D eigenvalue weighted by Gasteiger charge is 2.09. The minimum Gasteiger partial charge on any atom is -0.508 e. The van der Waals surface area contributed by atoms with E-state index in [9.17, 15) is 14.3 Å². The SMILES string of the molecule is CC(C)NC(=O)CN(C)Cc1cc(O)cc(F)c1. The molecule has 1 amide bonds. The fourth-order valence-electron chi connectivity index (χ4n) is 1.70. The number of hydrogen-bond donors (Lipinski definition) is 2. The molecule has 0 aliphatic heterocycles. The second-order valence-electron chi connectivity index (χ2n) is 4.71. The van der Waals surface area contributed by atoms with Crippen molar-refractivity contribution in [2.75, 3.05) is 13.6 Å². The van der Waals surface area contributed by atoms with Crippen LogP contribution in [0.15, 0.2) is 18.2 Å². The van der Waals surface area contributed by atoms with Crippen molar-refractivity contribution in [3.05, 3.63) is 29.6 Å². The van der Waals surface area contributed by atoms with E-state index in [-0.39, 0.29) is 24.2 Å². The first-order valence-electron chi connectivity index (χ1n) is 5.83. The second kappa shape index (κ2) is 6.35. The van der Waals surface area contributed by atoms with Gasteiger partial charge in [0.15, 0.2) is 0 Å². The van der Waals surface area contributed by atoms with Gasteiger partial charge in [0.05, 0.1) is 6.54 Å². The molecule has 0 fully saturated rings. The average Bonchev–Trinajstić information content (AvgIpc) is 2.12. The van der Waals surface area contributed by atoms with Crippen molar-refractivity contribution in [3.63, 3.8) is 0 Å². The Kier molecular flexibility index (Phi) is 5.09. The molecule has 0 radical (unpaired) electrons. The first-order chi connectivity index (χ1) is 8.36. The summed E-state index contributed by atoms with van der Waals surface area (Å²) in [5, 5.41) is 12.0. The number of phenolic OH excluding ortho intramolecular Hbond substituents is 1. The summed E-state index contributed by atoms with van der Waals surface area (Å²) in [5.74, 6) is -0.664. The van der Waals surface area contributed by atoms with Crippen molar-refractivity contribution >= 4 is 5.91 Å². The lowest BCUT2D eigenvalue weighted by molar-refractivity contribution is -0.122. The third-order valence-electron chi connectivity index (χ3n) is 2.26. The predicted octanol–water partition coefficient (Wildman–Crippen LogP) is 1.49. The zero-order valence-electron chi connectivity index (χ0n) is 10.9. The van der Waals surface area contributed by atoms with E-state index in [0.29, 0.717) is 12.1 Å². The number of carbonyl (C=O) groups excluding carboxylic acids is 1. The van der Waals surface area contributed by atoms with Crippen LogP contribution in [-0.2, 0) is 11.3 Å². The number of nitrogens with zero attached hydrogens (tertiary/aromatic N) is 1. The number of nitrogens with one attached hydrogen (secondary N) is 1. The molecule has 0 saturated heterocycles. The molecular weight excluding hydrogens is 235 g/mol. The minimum absolute atomic E-state index is 0.0758. The normalized spacial score (nSPS) is 11.0. The molecule has 18 heavy (non-hydrogen) atoms. The van der Waals surface area contributed by atoms with Crippen LogP contribution in [0.4, 0.5) is 4.39 Å². The van der Waals surface area contributed by atoms with E-state index in [1.165, 1.54) is 12.1 Å². The van der Waals surface area contributed by atoms with Crippen LogP contribution < -0.4 is 5.32 Å². The monoisotopic (exact) mass is 254 g/mol. The van der Waals surface area contributed by atoms with Gasteiger partial charge in [-0.1, -0.05) is 0 Å². The topological polar surface area (TPSA) is 52.6 Å². The lowest BCUT2D eigenvalue weighted by atomic mass is 10.2. The summed E-state index contributed by atoms with van der Waals surface area (Å²) in [6.07, 6.45) is 0. The maximum absolute atomic E-state index is 13.1. The molecule has 1 aromatic carbocycles. The highest BCUT2D eigenvalue weighted by molar-refractivity contribution is 5.78. The molecule has 4 nitrogen and oxygen atoms in total. The molecule has 1 aromatic rings.